The van der Waals surface area contributed by atoms with Crippen molar-refractivity contribution in [3.05, 3.63) is 59.3 Å². The van der Waals surface area contributed by atoms with Crippen molar-refractivity contribution in [3.8, 4) is 5.75 Å². The zero-order valence-electron chi connectivity index (χ0n) is 19.7. The molecule has 1 amide bonds. The molecule has 1 saturated heterocycles. The minimum absolute atomic E-state index is 0.372. The molecule has 33 heavy (non-hydrogen) atoms. The number of rotatable bonds is 6. The van der Waals surface area contributed by atoms with Crippen molar-refractivity contribution in [2.75, 3.05) is 45.2 Å². The molecule has 1 aromatic heterocycles. The standard InChI is InChI=1S/C27H34N4O2/c1-29-11-3-4-20-18-26(33-2)21(16-24(20)29)7-12-30-13-9-23(10-14-30)31-15-8-19-5-6-22(27(28)32)17-25(19)31/h5-6,8,15-18,23H,3-4,7,9-14H2,1-2H3,(H2,28,32). The van der Waals surface area contributed by atoms with Gasteiger partial charge in [0.15, 0.2) is 0 Å². The van der Waals surface area contributed by atoms with Crippen LogP contribution in [0.4, 0.5) is 5.69 Å². The molecule has 0 bridgehead atoms. The number of nitrogens with two attached hydrogens (primary N) is 1. The summed E-state index contributed by atoms with van der Waals surface area (Å²) in [7, 11) is 3.98. The summed E-state index contributed by atoms with van der Waals surface area (Å²) in [6.07, 6.45) is 7.72. The van der Waals surface area contributed by atoms with Gasteiger partial charge in [0.05, 0.1) is 7.11 Å². The summed E-state index contributed by atoms with van der Waals surface area (Å²) in [5.74, 6) is 0.659. The van der Waals surface area contributed by atoms with Gasteiger partial charge in [0.25, 0.3) is 0 Å². The van der Waals surface area contributed by atoms with Crippen LogP contribution in [0, 0.1) is 0 Å². The van der Waals surface area contributed by atoms with Gasteiger partial charge in [-0.05, 0) is 78.9 Å². The first-order chi connectivity index (χ1) is 16.0. The minimum Gasteiger partial charge on any atom is -0.496 e. The van der Waals surface area contributed by atoms with Crippen LogP contribution in [0.3, 0.4) is 0 Å². The van der Waals surface area contributed by atoms with E-state index in [1.165, 1.54) is 23.2 Å². The first-order valence-corrected chi connectivity index (χ1v) is 12.1. The molecular formula is C27H34N4O2. The summed E-state index contributed by atoms with van der Waals surface area (Å²) in [4.78, 5) is 16.6. The normalized spacial score (nSPS) is 17.3. The fourth-order valence-corrected chi connectivity index (χ4v) is 5.54. The van der Waals surface area contributed by atoms with Gasteiger partial charge in [-0.15, -0.1) is 0 Å². The Morgan fingerprint density at radius 1 is 1.12 bits per heavy atom. The largest absolute Gasteiger partial charge is 0.496 e. The van der Waals surface area contributed by atoms with Crippen LogP contribution in [0.5, 0.6) is 5.75 Å². The van der Waals surface area contributed by atoms with Crippen LogP contribution in [0.25, 0.3) is 10.9 Å². The van der Waals surface area contributed by atoms with Gasteiger partial charge in [-0.3, -0.25) is 4.79 Å². The van der Waals surface area contributed by atoms with E-state index >= 15 is 0 Å². The average molecular weight is 447 g/mol. The summed E-state index contributed by atoms with van der Waals surface area (Å²) >= 11 is 0. The number of hydrogen-bond acceptors (Lipinski definition) is 4. The van der Waals surface area contributed by atoms with Crippen LogP contribution < -0.4 is 15.4 Å². The topological polar surface area (TPSA) is 63.7 Å². The summed E-state index contributed by atoms with van der Waals surface area (Å²) in [5, 5.41) is 1.16. The summed E-state index contributed by atoms with van der Waals surface area (Å²) in [6.45, 7) is 4.32. The van der Waals surface area contributed by atoms with Crippen LogP contribution in [0.2, 0.25) is 0 Å². The predicted molar refractivity (Wildman–Crippen MR) is 133 cm³/mol. The highest BCUT2D eigenvalue weighted by molar-refractivity contribution is 5.97. The zero-order valence-corrected chi connectivity index (χ0v) is 19.7. The molecule has 6 nitrogen and oxygen atoms in total. The minimum atomic E-state index is -0.372. The number of carbonyl (C=O) groups excluding carboxylic acids is 1. The van der Waals surface area contributed by atoms with E-state index in [4.69, 9.17) is 10.5 Å². The number of carbonyl (C=O) groups is 1. The number of likely N-dealkylation sites (tertiary alicyclic amines) is 1. The second-order valence-electron chi connectivity index (χ2n) is 9.50. The van der Waals surface area contributed by atoms with Gasteiger partial charge in [0, 0.05) is 62.2 Å². The Morgan fingerprint density at radius 3 is 2.70 bits per heavy atom. The Bertz CT molecular complexity index is 1160. The lowest BCUT2D eigenvalue weighted by Crippen LogP contribution is -2.36. The molecule has 6 heteroatoms. The fourth-order valence-electron chi connectivity index (χ4n) is 5.54. The lowest BCUT2D eigenvalue weighted by molar-refractivity contribution is 0.100. The van der Waals surface area contributed by atoms with E-state index in [0.717, 1.165) is 68.5 Å². The third kappa shape index (κ3) is 4.32. The second-order valence-corrected chi connectivity index (χ2v) is 9.50. The molecule has 0 aliphatic carbocycles. The maximum absolute atomic E-state index is 11.6. The molecule has 0 saturated carbocycles. The predicted octanol–water partition coefficient (Wildman–Crippen LogP) is 4.01. The van der Waals surface area contributed by atoms with Crippen LogP contribution >= 0.6 is 0 Å². The van der Waals surface area contributed by atoms with Crippen molar-refractivity contribution in [2.45, 2.75) is 38.1 Å². The van der Waals surface area contributed by atoms with Crippen molar-refractivity contribution < 1.29 is 9.53 Å². The van der Waals surface area contributed by atoms with Crippen LogP contribution in [-0.2, 0) is 12.8 Å². The number of methoxy groups -OCH3 is 1. The van der Waals surface area contributed by atoms with E-state index in [2.05, 4.69) is 45.8 Å². The average Bonchev–Trinajstić information content (AvgIpc) is 3.26. The number of nitrogens with zero attached hydrogens (tertiary/aromatic N) is 3. The Balaban J connectivity index is 1.24. The van der Waals surface area contributed by atoms with Gasteiger partial charge < -0.3 is 24.8 Å². The number of primary amides is 1. The van der Waals surface area contributed by atoms with Crippen molar-refractivity contribution in [1.29, 1.82) is 0 Å². The summed E-state index contributed by atoms with van der Waals surface area (Å²) < 4.78 is 8.08. The molecule has 2 aromatic carbocycles. The molecule has 2 aliphatic heterocycles. The van der Waals surface area contributed by atoms with E-state index in [0.29, 0.717) is 11.6 Å². The molecule has 0 unspecified atom stereocenters. The van der Waals surface area contributed by atoms with Crippen LogP contribution in [-0.4, -0.2) is 55.7 Å². The molecule has 0 atom stereocenters. The summed E-state index contributed by atoms with van der Waals surface area (Å²) in [5.41, 5.74) is 11.3. The number of anilines is 1. The van der Waals surface area contributed by atoms with Gasteiger partial charge in [-0.25, -0.2) is 0 Å². The quantitative estimate of drug-likeness (QED) is 0.621. The van der Waals surface area contributed by atoms with Gasteiger partial charge in [0.1, 0.15) is 5.75 Å². The smallest absolute Gasteiger partial charge is 0.248 e. The Hall–Kier alpha value is -2.99. The molecule has 1 fully saturated rings. The fraction of sp³-hybridized carbons (Fsp3) is 0.444. The van der Waals surface area contributed by atoms with Crippen molar-refractivity contribution >= 4 is 22.5 Å². The van der Waals surface area contributed by atoms with Crippen molar-refractivity contribution in [2.24, 2.45) is 5.73 Å². The van der Waals surface area contributed by atoms with E-state index in [1.807, 2.05) is 18.2 Å². The van der Waals surface area contributed by atoms with Gasteiger partial charge >= 0.3 is 0 Å². The lowest BCUT2D eigenvalue weighted by atomic mass is 9.97. The highest BCUT2D eigenvalue weighted by atomic mass is 16.5. The van der Waals surface area contributed by atoms with Gasteiger partial charge in [0.2, 0.25) is 5.91 Å². The van der Waals surface area contributed by atoms with Crippen molar-refractivity contribution in [1.82, 2.24) is 9.47 Å². The Morgan fingerprint density at radius 2 is 1.94 bits per heavy atom. The molecule has 0 radical (unpaired) electrons. The SMILES string of the molecule is COc1cc2c(cc1CCN1CCC(n3ccc4ccc(C(N)=O)cc43)CC1)N(C)CCC2. The highest BCUT2D eigenvalue weighted by Crippen LogP contribution is 2.34. The maximum Gasteiger partial charge on any atom is 0.248 e. The number of benzene rings is 2. The van der Waals surface area contributed by atoms with E-state index in [-0.39, 0.29) is 5.91 Å². The third-order valence-electron chi connectivity index (χ3n) is 7.49. The molecule has 5 rings (SSSR count). The molecule has 174 valence electrons. The molecule has 2 N–H and O–H groups in total. The number of amides is 1. The third-order valence-corrected chi connectivity index (χ3v) is 7.49. The van der Waals surface area contributed by atoms with Crippen LogP contribution in [0.1, 0.15) is 46.8 Å². The number of piperidine rings is 1. The second kappa shape index (κ2) is 9.10. The van der Waals surface area contributed by atoms with Crippen molar-refractivity contribution in [3.63, 3.8) is 0 Å². The summed E-state index contributed by atoms with van der Waals surface area (Å²) in [6, 6.07) is 12.9. The van der Waals surface area contributed by atoms with E-state index in [9.17, 15) is 4.79 Å². The maximum atomic E-state index is 11.6. The number of ether oxygens (including phenoxy) is 1. The van der Waals surface area contributed by atoms with E-state index in [1.54, 1.807) is 7.11 Å². The van der Waals surface area contributed by atoms with Gasteiger partial charge in [-0.2, -0.15) is 0 Å². The van der Waals surface area contributed by atoms with Crippen LogP contribution in [0.15, 0.2) is 42.6 Å². The number of aromatic nitrogens is 1. The monoisotopic (exact) mass is 446 g/mol. The highest BCUT2D eigenvalue weighted by Gasteiger charge is 2.23. The molecule has 3 aromatic rings. The van der Waals surface area contributed by atoms with E-state index < -0.39 is 0 Å². The Kier molecular flexibility index (Phi) is 6.02. The Labute approximate surface area is 195 Å². The van der Waals surface area contributed by atoms with Gasteiger partial charge in [-0.1, -0.05) is 6.07 Å². The lowest BCUT2D eigenvalue weighted by Gasteiger charge is -2.33. The number of aryl methyl sites for hydroxylation is 1. The molecular weight excluding hydrogens is 412 g/mol. The first kappa shape index (κ1) is 21.8. The molecule has 0 spiro atoms. The number of hydrogen-bond donors (Lipinski definition) is 1. The number of fused-ring (bicyclic) bond motifs is 2. The molecule has 2 aliphatic rings. The first-order valence-electron chi connectivity index (χ1n) is 12.1. The molecule has 3 heterocycles. The zero-order chi connectivity index (χ0) is 22.9.